The van der Waals surface area contributed by atoms with E-state index in [0.717, 1.165) is 25.8 Å². The first-order chi connectivity index (χ1) is 14.4. The highest BCUT2D eigenvalue weighted by atomic mass is 35.5. The highest BCUT2D eigenvalue weighted by molar-refractivity contribution is 7.89. The van der Waals surface area contributed by atoms with Crippen molar-refractivity contribution in [2.75, 3.05) is 25.4 Å². The van der Waals surface area contributed by atoms with Gasteiger partial charge in [-0.25, -0.2) is 8.42 Å². The molecule has 1 unspecified atom stereocenters. The zero-order chi connectivity index (χ0) is 21.3. The third-order valence-electron chi connectivity index (χ3n) is 5.12. The molecule has 1 aliphatic rings. The minimum Gasteiger partial charge on any atom is -0.395 e. The predicted octanol–water partition coefficient (Wildman–Crippen LogP) is 1.86. The van der Waals surface area contributed by atoms with Crippen LogP contribution in [0.1, 0.15) is 10.6 Å². The molecule has 1 amide bonds. The van der Waals surface area contributed by atoms with Crippen molar-refractivity contribution in [1.29, 1.82) is 0 Å². The van der Waals surface area contributed by atoms with Crippen molar-refractivity contribution in [2.45, 2.75) is 19.0 Å². The number of hydrogen-bond acceptors (Lipinski definition) is 6. The molecule has 11 heteroatoms. The number of fused-ring (bicyclic) bond motifs is 1. The third kappa shape index (κ3) is 4.52. The normalized spacial score (nSPS) is 18.4. The Morgan fingerprint density at radius 2 is 2.17 bits per heavy atom. The lowest BCUT2D eigenvalue weighted by Gasteiger charge is -2.39. The molecule has 30 heavy (non-hydrogen) atoms. The summed E-state index contributed by atoms with van der Waals surface area (Å²) in [5, 5.41) is 10.8. The van der Waals surface area contributed by atoms with Gasteiger partial charge in [-0.05, 0) is 30.7 Å². The molecule has 0 spiro atoms. The number of piperazine rings is 1. The van der Waals surface area contributed by atoms with Crippen molar-refractivity contribution in [3.8, 4) is 0 Å². The Kier molecular flexibility index (Phi) is 6.12. The monoisotopic (exact) mass is 468 g/mol. The number of aliphatic hydroxyl groups is 1. The van der Waals surface area contributed by atoms with Crippen LogP contribution >= 0.6 is 22.9 Å². The molecule has 0 aliphatic carbocycles. The van der Waals surface area contributed by atoms with Gasteiger partial charge in [0, 0.05) is 40.4 Å². The molecule has 1 atom stereocenters. The molecule has 3 aromatic rings. The van der Waals surface area contributed by atoms with Gasteiger partial charge in [0.15, 0.2) is 0 Å². The van der Waals surface area contributed by atoms with Crippen molar-refractivity contribution in [2.24, 2.45) is 0 Å². The fraction of sp³-hybridized carbons (Fsp3) is 0.368. The van der Waals surface area contributed by atoms with Crippen LogP contribution in [0, 0.1) is 0 Å². The molecule has 0 aromatic carbocycles. The highest BCUT2D eigenvalue weighted by Crippen LogP contribution is 2.24. The largest absolute Gasteiger partial charge is 0.395 e. The number of hydrogen-bond donors (Lipinski definition) is 2. The van der Waals surface area contributed by atoms with Gasteiger partial charge in [-0.3, -0.25) is 9.78 Å². The first kappa shape index (κ1) is 21.3. The van der Waals surface area contributed by atoms with Gasteiger partial charge in [-0.15, -0.1) is 11.3 Å². The molecule has 0 radical (unpaired) electrons. The van der Waals surface area contributed by atoms with Gasteiger partial charge in [0.2, 0.25) is 15.9 Å². The maximum Gasteiger partial charge on any atom is 0.238 e. The van der Waals surface area contributed by atoms with E-state index < -0.39 is 16.1 Å². The smallest absolute Gasteiger partial charge is 0.238 e. The van der Waals surface area contributed by atoms with Crippen LogP contribution in [-0.4, -0.2) is 70.1 Å². The highest BCUT2D eigenvalue weighted by Gasteiger charge is 2.38. The van der Waals surface area contributed by atoms with Crippen LogP contribution in [0.3, 0.4) is 0 Å². The van der Waals surface area contributed by atoms with E-state index in [1.54, 1.807) is 29.4 Å². The lowest BCUT2D eigenvalue weighted by atomic mass is 10.2. The van der Waals surface area contributed by atoms with E-state index in [1.807, 2.05) is 12.1 Å². The average molecular weight is 469 g/mol. The van der Waals surface area contributed by atoms with Gasteiger partial charge in [0.25, 0.3) is 0 Å². The Hall–Kier alpha value is -1.98. The number of H-pyrrole nitrogens is 1. The van der Waals surface area contributed by atoms with Crippen LogP contribution in [0.25, 0.3) is 10.9 Å². The number of aromatic amines is 1. The summed E-state index contributed by atoms with van der Waals surface area (Å²) in [5.41, 5.74) is 1.75. The van der Waals surface area contributed by atoms with Crippen LogP contribution in [0.4, 0.5) is 0 Å². The number of nitrogens with zero attached hydrogens (tertiary/aromatic N) is 3. The molecular weight excluding hydrogens is 448 g/mol. The summed E-state index contributed by atoms with van der Waals surface area (Å²) < 4.78 is 27.5. The fourth-order valence-corrected chi connectivity index (χ4v) is 6.42. The van der Waals surface area contributed by atoms with Crippen molar-refractivity contribution >= 4 is 49.8 Å². The summed E-state index contributed by atoms with van der Waals surface area (Å²) in [5.74, 6) is -0.429. The van der Waals surface area contributed by atoms with Crippen LogP contribution in [0.5, 0.6) is 0 Å². The van der Waals surface area contributed by atoms with Crippen molar-refractivity contribution in [1.82, 2.24) is 19.2 Å². The number of rotatable bonds is 7. The molecule has 160 valence electrons. The number of pyridine rings is 1. The number of sulfonamides is 1. The summed E-state index contributed by atoms with van der Waals surface area (Å²) in [6.07, 6.45) is 3.73. The number of amides is 1. The minimum atomic E-state index is -3.71. The average Bonchev–Trinajstić information content (AvgIpc) is 3.33. The van der Waals surface area contributed by atoms with Crippen molar-refractivity contribution < 1.29 is 18.3 Å². The standard InChI is InChI=1S/C19H21ClN4O4S2/c20-18-2-1-16(29-18)4-6-30(27,28)24-11-19(26)23(10-15(24)12-25)9-14-7-13-8-21-5-3-17(13)22-14/h1-3,5,7-8,15,22,25H,4,6,9-12H2. The zero-order valence-electron chi connectivity index (χ0n) is 16.0. The van der Waals surface area contributed by atoms with Gasteiger partial charge in [-0.1, -0.05) is 11.6 Å². The number of aryl methyl sites for hydroxylation is 1. The first-order valence-corrected chi connectivity index (χ1v) is 12.2. The van der Waals surface area contributed by atoms with Crippen molar-refractivity contribution in [3.05, 3.63) is 51.6 Å². The van der Waals surface area contributed by atoms with Gasteiger partial charge in [-0.2, -0.15) is 4.31 Å². The quantitative estimate of drug-likeness (QED) is 0.550. The molecule has 0 saturated carbocycles. The predicted molar refractivity (Wildman–Crippen MR) is 116 cm³/mol. The Labute approximate surface area is 183 Å². The van der Waals surface area contributed by atoms with E-state index in [0.29, 0.717) is 17.3 Å². The molecule has 1 saturated heterocycles. The number of thiophene rings is 1. The van der Waals surface area contributed by atoms with Gasteiger partial charge in [0.1, 0.15) is 0 Å². The first-order valence-electron chi connectivity index (χ1n) is 9.39. The second-order valence-corrected chi connectivity index (χ2v) is 11.0. The van der Waals surface area contributed by atoms with Crippen LogP contribution in [-0.2, 0) is 27.8 Å². The maximum absolute atomic E-state index is 12.9. The number of carbonyl (C=O) groups excluding carboxylic acids is 1. The van der Waals surface area contributed by atoms with E-state index >= 15 is 0 Å². The van der Waals surface area contributed by atoms with E-state index in [4.69, 9.17) is 11.6 Å². The number of aliphatic hydroxyl groups excluding tert-OH is 1. The van der Waals surface area contributed by atoms with Crippen LogP contribution < -0.4 is 0 Å². The molecule has 8 nitrogen and oxygen atoms in total. The summed E-state index contributed by atoms with van der Waals surface area (Å²) >= 11 is 7.24. The Morgan fingerprint density at radius 1 is 1.33 bits per heavy atom. The number of carbonyl (C=O) groups is 1. The van der Waals surface area contributed by atoms with E-state index in [-0.39, 0.29) is 31.4 Å². The van der Waals surface area contributed by atoms with Gasteiger partial charge < -0.3 is 15.0 Å². The third-order valence-corrected chi connectivity index (χ3v) is 8.28. The molecule has 1 aliphatic heterocycles. The lowest BCUT2D eigenvalue weighted by molar-refractivity contribution is -0.137. The topological polar surface area (TPSA) is 107 Å². The van der Waals surface area contributed by atoms with Crippen LogP contribution in [0.15, 0.2) is 36.7 Å². The molecule has 4 heterocycles. The minimum absolute atomic E-state index is 0.132. The summed E-state index contributed by atoms with van der Waals surface area (Å²) in [7, 11) is -3.71. The van der Waals surface area contributed by atoms with E-state index in [2.05, 4.69) is 9.97 Å². The molecular formula is C19H21ClN4O4S2. The molecule has 1 fully saturated rings. The Balaban J connectivity index is 1.45. The second kappa shape index (κ2) is 8.64. The van der Waals surface area contributed by atoms with Gasteiger partial charge in [0.05, 0.1) is 35.8 Å². The molecule has 4 rings (SSSR count). The summed E-state index contributed by atoms with van der Waals surface area (Å²) in [6.45, 7) is -0.191. The molecule has 0 bridgehead atoms. The number of nitrogens with one attached hydrogen (secondary N) is 1. The van der Waals surface area contributed by atoms with E-state index in [9.17, 15) is 18.3 Å². The molecule has 3 aromatic heterocycles. The molecule has 2 N–H and O–H groups in total. The lowest BCUT2D eigenvalue weighted by Crippen LogP contribution is -2.59. The Morgan fingerprint density at radius 3 is 2.87 bits per heavy atom. The zero-order valence-corrected chi connectivity index (χ0v) is 18.4. The van der Waals surface area contributed by atoms with Gasteiger partial charge >= 0.3 is 0 Å². The van der Waals surface area contributed by atoms with E-state index in [1.165, 1.54) is 11.3 Å². The Bertz CT molecular complexity index is 1130. The second-order valence-electron chi connectivity index (χ2n) is 7.19. The van der Waals surface area contributed by atoms with Crippen molar-refractivity contribution in [3.63, 3.8) is 0 Å². The summed E-state index contributed by atoms with van der Waals surface area (Å²) in [6, 6.07) is 6.62. The maximum atomic E-state index is 12.9. The summed E-state index contributed by atoms with van der Waals surface area (Å²) in [4.78, 5) is 22.5. The van der Waals surface area contributed by atoms with Crippen LogP contribution in [0.2, 0.25) is 4.34 Å². The fourth-order valence-electron chi connectivity index (χ4n) is 3.59. The SMILES string of the molecule is O=C1CN(S(=O)(=O)CCc2ccc(Cl)s2)C(CO)CN1Cc1cc2cnccc2[nH]1. The number of halogens is 1. The number of aromatic nitrogens is 2.